The van der Waals surface area contributed by atoms with Gasteiger partial charge in [0.1, 0.15) is 0 Å². The van der Waals surface area contributed by atoms with Gasteiger partial charge in [0.05, 0.1) is 12.7 Å². The zero-order valence-electron chi connectivity index (χ0n) is 13.8. The second-order valence-corrected chi connectivity index (χ2v) is 7.02. The lowest BCUT2D eigenvalue weighted by molar-refractivity contribution is -0.000000627. The predicted octanol–water partition coefficient (Wildman–Crippen LogP) is 2.88. The van der Waals surface area contributed by atoms with Gasteiger partial charge in [-0.1, -0.05) is 24.3 Å². The summed E-state index contributed by atoms with van der Waals surface area (Å²) in [6.45, 7) is 5.73. The van der Waals surface area contributed by atoms with Crippen LogP contribution in [0.25, 0.3) is 0 Å². The molecule has 1 aliphatic carbocycles. The Morgan fingerprint density at radius 2 is 2.13 bits per heavy atom. The topological polar surface area (TPSA) is 39.1 Å². The average Bonchev–Trinajstić information content (AvgIpc) is 3.10. The molecule has 1 saturated heterocycles. The number of fused-ring (bicyclic) bond motifs is 1. The van der Waals surface area contributed by atoms with Crippen LogP contribution in [-0.4, -0.2) is 29.5 Å². The lowest BCUT2D eigenvalue weighted by Gasteiger charge is -2.39. The molecule has 2 aliphatic rings. The van der Waals surface area contributed by atoms with E-state index in [9.17, 15) is 0 Å². The van der Waals surface area contributed by atoms with E-state index in [4.69, 9.17) is 4.74 Å². The molecule has 1 aromatic carbocycles. The third-order valence-electron chi connectivity index (χ3n) is 5.46. The first-order chi connectivity index (χ1) is 11.3. The number of aryl methyl sites for hydroxylation is 1. The number of ether oxygens (including phenoxy) is 1. The van der Waals surface area contributed by atoms with Crippen molar-refractivity contribution >= 4 is 0 Å². The zero-order valence-corrected chi connectivity index (χ0v) is 13.8. The third kappa shape index (κ3) is 2.81. The van der Waals surface area contributed by atoms with Crippen LogP contribution in [-0.2, 0) is 17.7 Å². The second-order valence-electron chi connectivity index (χ2n) is 7.02. The molecule has 2 heterocycles. The van der Waals surface area contributed by atoms with E-state index in [1.54, 1.807) is 0 Å². The summed E-state index contributed by atoms with van der Waals surface area (Å²) in [5.74, 6) is 0. The van der Waals surface area contributed by atoms with Crippen LogP contribution in [0, 0.1) is 12.3 Å². The average molecular weight is 311 g/mol. The van der Waals surface area contributed by atoms with E-state index in [1.807, 2.05) is 10.9 Å². The fourth-order valence-electron chi connectivity index (χ4n) is 4.27. The molecule has 1 fully saturated rings. The predicted molar refractivity (Wildman–Crippen MR) is 90.3 cm³/mol. The highest BCUT2D eigenvalue weighted by molar-refractivity contribution is 5.38. The highest BCUT2D eigenvalue weighted by Gasteiger charge is 2.46. The Morgan fingerprint density at radius 3 is 2.91 bits per heavy atom. The van der Waals surface area contributed by atoms with Crippen molar-refractivity contribution < 1.29 is 4.74 Å². The Balaban J connectivity index is 1.50. The maximum absolute atomic E-state index is 5.64. The van der Waals surface area contributed by atoms with Gasteiger partial charge < -0.3 is 10.1 Å². The van der Waals surface area contributed by atoms with Gasteiger partial charge in [-0.15, -0.1) is 0 Å². The van der Waals surface area contributed by atoms with Crippen molar-refractivity contribution in [3.05, 3.63) is 53.3 Å². The summed E-state index contributed by atoms with van der Waals surface area (Å²) >= 11 is 0. The molecule has 1 atom stereocenters. The van der Waals surface area contributed by atoms with Crippen LogP contribution in [0.15, 0.2) is 36.7 Å². The zero-order chi connectivity index (χ0) is 15.7. The minimum absolute atomic E-state index is 0.335. The van der Waals surface area contributed by atoms with Crippen molar-refractivity contribution in [2.24, 2.45) is 5.41 Å². The standard InChI is InChI=1S/C19H25N3O/c1-15-13-21-22(14-15)9-8-20-18-17-5-3-2-4-16(17)12-19(18)6-10-23-11-7-19/h2-5,13-14,18,20H,6-12H2,1H3/t18-/m1/s1. The van der Waals surface area contributed by atoms with Crippen molar-refractivity contribution in [2.75, 3.05) is 19.8 Å². The molecule has 23 heavy (non-hydrogen) atoms. The van der Waals surface area contributed by atoms with Gasteiger partial charge in [-0.2, -0.15) is 5.10 Å². The Bertz CT molecular complexity index is 673. The number of hydrogen-bond donors (Lipinski definition) is 1. The van der Waals surface area contributed by atoms with Crippen LogP contribution in [0.3, 0.4) is 0 Å². The van der Waals surface area contributed by atoms with E-state index < -0.39 is 0 Å². The van der Waals surface area contributed by atoms with Crippen LogP contribution >= 0.6 is 0 Å². The number of nitrogens with zero attached hydrogens (tertiary/aromatic N) is 2. The molecular formula is C19H25N3O. The van der Waals surface area contributed by atoms with Crippen LogP contribution < -0.4 is 5.32 Å². The fourth-order valence-corrected chi connectivity index (χ4v) is 4.27. The molecule has 4 rings (SSSR count). The Hall–Kier alpha value is -1.65. The third-order valence-corrected chi connectivity index (χ3v) is 5.46. The van der Waals surface area contributed by atoms with Gasteiger partial charge in [-0.25, -0.2) is 0 Å². The molecule has 1 N–H and O–H groups in total. The van der Waals surface area contributed by atoms with Gasteiger partial charge in [0, 0.05) is 32.0 Å². The van der Waals surface area contributed by atoms with Crippen molar-refractivity contribution in [1.82, 2.24) is 15.1 Å². The highest BCUT2D eigenvalue weighted by atomic mass is 16.5. The molecule has 0 amide bonds. The molecule has 1 spiro atoms. The number of hydrogen-bond acceptors (Lipinski definition) is 3. The molecule has 1 aliphatic heterocycles. The Morgan fingerprint density at radius 1 is 1.30 bits per heavy atom. The number of aromatic nitrogens is 2. The van der Waals surface area contributed by atoms with E-state index >= 15 is 0 Å². The second kappa shape index (κ2) is 6.10. The van der Waals surface area contributed by atoms with Crippen LogP contribution in [0.1, 0.15) is 35.6 Å². The molecule has 0 bridgehead atoms. The molecule has 1 aromatic heterocycles. The molecule has 122 valence electrons. The molecular weight excluding hydrogens is 286 g/mol. The Kier molecular flexibility index (Phi) is 3.95. The highest BCUT2D eigenvalue weighted by Crippen LogP contribution is 2.51. The van der Waals surface area contributed by atoms with Crippen molar-refractivity contribution in [1.29, 1.82) is 0 Å². The van der Waals surface area contributed by atoms with Gasteiger partial charge in [0.25, 0.3) is 0 Å². The summed E-state index contributed by atoms with van der Waals surface area (Å²) in [6, 6.07) is 9.38. The molecule has 0 radical (unpaired) electrons. The van der Waals surface area contributed by atoms with Crippen LogP contribution in [0.4, 0.5) is 0 Å². The molecule has 0 unspecified atom stereocenters. The molecule has 2 aromatic rings. The van der Waals surface area contributed by atoms with Crippen molar-refractivity contribution in [3.8, 4) is 0 Å². The van der Waals surface area contributed by atoms with E-state index in [-0.39, 0.29) is 0 Å². The molecule has 4 nitrogen and oxygen atoms in total. The first-order valence-electron chi connectivity index (χ1n) is 8.65. The fraction of sp³-hybridized carbons (Fsp3) is 0.526. The summed E-state index contributed by atoms with van der Waals surface area (Å²) in [7, 11) is 0. The number of nitrogens with one attached hydrogen (secondary N) is 1. The molecule has 4 heteroatoms. The quantitative estimate of drug-likeness (QED) is 0.943. The Labute approximate surface area is 137 Å². The first kappa shape index (κ1) is 14.9. The normalized spacial score (nSPS) is 22.4. The monoisotopic (exact) mass is 311 g/mol. The number of benzene rings is 1. The minimum atomic E-state index is 0.335. The first-order valence-corrected chi connectivity index (χ1v) is 8.65. The largest absolute Gasteiger partial charge is 0.381 e. The summed E-state index contributed by atoms with van der Waals surface area (Å²) in [5, 5.41) is 8.22. The smallest absolute Gasteiger partial charge is 0.0534 e. The summed E-state index contributed by atoms with van der Waals surface area (Å²) in [6.07, 6.45) is 7.52. The summed E-state index contributed by atoms with van der Waals surface area (Å²) in [5.41, 5.74) is 4.56. The van der Waals surface area contributed by atoms with Crippen molar-refractivity contribution in [2.45, 2.75) is 38.8 Å². The van der Waals surface area contributed by atoms with Gasteiger partial charge in [0.2, 0.25) is 0 Å². The van der Waals surface area contributed by atoms with Gasteiger partial charge >= 0.3 is 0 Å². The van der Waals surface area contributed by atoms with E-state index in [0.717, 1.165) is 39.1 Å². The maximum atomic E-state index is 5.64. The molecule has 0 saturated carbocycles. The van der Waals surface area contributed by atoms with Crippen LogP contribution in [0.5, 0.6) is 0 Å². The van der Waals surface area contributed by atoms with Crippen LogP contribution in [0.2, 0.25) is 0 Å². The van der Waals surface area contributed by atoms with E-state index in [2.05, 4.69) is 47.8 Å². The SMILES string of the molecule is Cc1cnn(CCN[C@@H]2c3ccccc3CC23CCOCC3)c1. The van der Waals surface area contributed by atoms with E-state index in [0.29, 0.717) is 11.5 Å². The summed E-state index contributed by atoms with van der Waals surface area (Å²) < 4.78 is 7.67. The summed E-state index contributed by atoms with van der Waals surface area (Å²) in [4.78, 5) is 0. The minimum Gasteiger partial charge on any atom is -0.381 e. The van der Waals surface area contributed by atoms with Gasteiger partial charge in [-0.3, -0.25) is 4.68 Å². The van der Waals surface area contributed by atoms with E-state index in [1.165, 1.54) is 23.1 Å². The lowest BCUT2D eigenvalue weighted by Crippen LogP contribution is -2.41. The van der Waals surface area contributed by atoms with Gasteiger partial charge in [0.15, 0.2) is 0 Å². The van der Waals surface area contributed by atoms with Crippen molar-refractivity contribution in [3.63, 3.8) is 0 Å². The van der Waals surface area contributed by atoms with Gasteiger partial charge in [-0.05, 0) is 48.3 Å². The lowest BCUT2D eigenvalue weighted by atomic mass is 9.74. The maximum Gasteiger partial charge on any atom is 0.0534 e. The number of rotatable bonds is 4.